The Morgan fingerprint density at radius 3 is 2.53 bits per heavy atom. The second-order valence-electron chi connectivity index (χ2n) is 7.63. The first-order valence-corrected chi connectivity index (χ1v) is 10.8. The standard InChI is InChI=1S/C24H33N5O/c1-4-26-24(27-17-19-10-12-20(13-11-19)23(30)25-3)28-18(2)21-8-7-9-22(16-21)29-14-5-6-15-29/h7-13,16,18H,4-6,14-15,17H2,1-3H3,(H,25,30)(H2,26,27,28). The van der Waals surface area contributed by atoms with E-state index in [1.54, 1.807) is 7.05 Å². The number of rotatable bonds is 7. The Kier molecular flexibility index (Phi) is 7.71. The molecule has 0 bridgehead atoms. The molecule has 0 aromatic heterocycles. The van der Waals surface area contributed by atoms with Crippen molar-refractivity contribution >= 4 is 17.6 Å². The monoisotopic (exact) mass is 407 g/mol. The molecule has 1 amide bonds. The molecule has 3 rings (SSSR count). The molecule has 1 aliphatic heterocycles. The molecule has 3 N–H and O–H groups in total. The molecule has 6 heteroatoms. The van der Waals surface area contributed by atoms with E-state index in [0.717, 1.165) is 31.2 Å². The molecule has 0 spiro atoms. The quantitative estimate of drug-likeness (QED) is 0.486. The number of nitrogens with one attached hydrogen (secondary N) is 3. The van der Waals surface area contributed by atoms with Crippen molar-refractivity contribution in [1.29, 1.82) is 0 Å². The summed E-state index contributed by atoms with van der Waals surface area (Å²) < 4.78 is 0. The minimum absolute atomic E-state index is 0.0787. The van der Waals surface area contributed by atoms with Gasteiger partial charge in [0.05, 0.1) is 12.6 Å². The highest BCUT2D eigenvalue weighted by molar-refractivity contribution is 5.93. The number of aliphatic imine (C=N–C) groups is 1. The molecular weight excluding hydrogens is 374 g/mol. The lowest BCUT2D eigenvalue weighted by Crippen LogP contribution is -2.38. The zero-order chi connectivity index (χ0) is 21.3. The third-order valence-corrected chi connectivity index (χ3v) is 5.40. The maximum Gasteiger partial charge on any atom is 0.251 e. The zero-order valence-corrected chi connectivity index (χ0v) is 18.2. The Morgan fingerprint density at radius 1 is 1.13 bits per heavy atom. The van der Waals surface area contributed by atoms with Gasteiger partial charge in [-0.25, -0.2) is 4.99 Å². The summed E-state index contributed by atoms with van der Waals surface area (Å²) in [4.78, 5) is 18.9. The average Bonchev–Trinajstić information content (AvgIpc) is 3.32. The molecule has 0 aliphatic carbocycles. The van der Waals surface area contributed by atoms with Crippen molar-refractivity contribution in [3.63, 3.8) is 0 Å². The summed E-state index contributed by atoms with van der Waals surface area (Å²) in [6, 6.07) is 16.5. The van der Waals surface area contributed by atoms with Gasteiger partial charge >= 0.3 is 0 Å². The fraction of sp³-hybridized carbons (Fsp3) is 0.417. The van der Waals surface area contributed by atoms with Gasteiger partial charge in [-0.05, 0) is 62.1 Å². The molecule has 1 unspecified atom stereocenters. The van der Waals surface area contributed by atoms with Crippen LogP contribution < -0.4 is 20.9 Å². The van der Waals surface area contributed by atoms with E-state index in [1.807, 2.05) is 24.3 Å². The van der Waals surface area contributed by atoms with E-state index >= 15 is 0 Å². The first kappa shape index (κ1) is 21.7. The van der Waals surface area contributed by atoms with E-state index in [2.05, 4.69) is 59.0 Å². The van der Waals surface area contributed by atoms with Gasteiger partial charge in [0.1, 0.15) is 0 Å². The molecule has 1 atom stereocenters. The van der Waals surface area contributed by atoms with Crippen LogP contribution >= 0.6 is 0 Å². The van der Waals surface area contributed by atoms with Crippen LogP contribution in [-0.2, 0) is 6.54 Å². The van der Waals surface area contributed by atoms with Crippen LogP contribution in [0.2, 0.25) is 0 Å². The lowest BCUT2D eigenvalue weighted by Gasteiger charge is -2.22. The fourth-order valence-corrected chi connectivity index (χ4v) is 3.65. The van der Waals surface area contributed by atoms with Gasteiger partial charge in [-0.3, -0.25) is 4.79 Å². The second kappa shape index (κ2) is 10.7. The summed E-state index contributed by atoms with van der Waals surface area (Å²) in [7, 11) is 1.64. The van der Waals surface area contributed by atoms with E-state index in [1.165, 1.54) is 24.1 Å². The topological polar surface area (TPSA) is 68.8 Å². The highest BCUT2D eigenvalue weighted by atomic mass is 16.1. The van der Waals surface area contributed by atoms with Crippen molar-refractivity contribution < 1.29 is 4.79 Å². The van der Waals surface area contributed by atoms with Crippen molar-refractivity contribution in [2.45, 2.75) is 39.3 Å². The number of guanidine groups is 1. The van der Waals surface area contributed by atoms with Crippen molar-refractivity contribution in [2.24, 2.45) is 4.99 Å². The van der Waals surface area contributed by atoms with Gasteiger partial charge in [0.15, 0.2) is 5.96 Å². The smallest absolute Gasteiger partial charge is 0.251 e. The Morgan fingerprint density at radius 2 is 1.87 bits per heavy atom. The Balaban J connectivity index is 1.65. The van der Waals surface area contributed by atoms with E-state index in [-0.39, 0.29) is 11.9 Å². The van der Waals surface area contributed by atoms with Crippen LogP contribution in [0.4, 0.5) is 5.69 Å². The molecule has 0 radical (unpaired) electrons. The summed E-state index contributed by atoms with van der Waals surface area (Å²) in [5.74, 6) is 0.706. The Hall–Kier alpha value is -3.02. The molecular formula is C24H33N5O. The summed E-state index contributed by atoms with van der Waals surface area (Å²) in [6.07, 6.45) is 2.55. The number of nitrogens with zero attached hydrogens (tertiary/aromatic N) is 2. The van der Waals surface area contributed by atoms with Gasteiger partial charge in [-0.2, -0.15) is 0 Å². The van der Waals surface area contributed by atoms with E-state index in [9.17, 15) is 4.79 Å². The fourth-order valence-electron chi connectivity index (χ4n) is 3.65. The number of hydrogen-bond donors (Lipinski definition) is 3. The first-order valence-electron chi connectivity index (χ1n) is 10.8. The van der Waals surface area contributed by atoms with Gasteiger partial charge < -0.3 is 20.9 Å². The van der Waals surface area contributed by atoms with Crippen LogP contribution in [0.5, 0.6) is 0 Å². The minimum Gasteiger partial charge on any atom is -0.372 e. The van der Waals surface area contributed by atoms with Crippen molar-refractivity contribution in [3.05, 3.63) is 65.2 Å². The summed E-state index contributed by atoms with van der Waals surface area (Å²) in [5, 5.41) is 9.48. The minimum atomic E-state index is -0.0787. The van der Waals surface area contributed by atoms with Gasteiger partial charge in [-0.15, -0.1) is 0 Å². The maximum atomic E-state index is 11.7. The number of amides is 1. The molecule has 160 valence electrons. The third-order valence-electron chi connectivity index (χ3n) is 5.40. The van der Waals surface area contributed by atoms with Crippen LogP contribution in [0, 0.1) is 0 Å². The molecule has 1 heterocycles. The number of hydrogen-bond acceptors (Lipinski definition) is 3. The normalized spacial score (nSPS) is 15.0. The largest absolute Gasteiger partial charge is 0.372 e. The van der Waals surface area contributed by atoms with Crippen molar-refractivity contribution in [1.82, 2.24) is 16.0 Å². The molecule has 0 saturated carbocycles. The first-order chi connectivity index (χ1) is 14.6. The summed E-state index contributed by atoms with van der Waals surface area (Å²) in [5.41, 5.74) is 4.27. The second-order valence-corrected chi connectivity index (χ2v) is 7.63. The van der Waals surface area contributed by atoms with Crippen LogP contribution in [0.3, 0.4) is 0 Å². The van der Waals surface area contributed by atoms with Gasteiger partial charge in [0.2, 0.25) is 0 Å². The highest BCUT2D eigenvalue weighted by Gasteiger charge is 2.14. The SMILES string of the molecule is CCNC(=NCc1ccc(C(=O)NC)cc1)NC(C)c1cccc(N2CCCC2)c1. The predicted molar refractivity (Wildman–Crippen MR) is 124 cm³/mol. The van der Waals surface area contributed by atoms with Gasteiger partial charge in [-0.1, -0.05) is 24.3 Å². The third kappa shape index (κ3) is 5.75. The van der Waals surface area contributed by atoms with Crippen molar-refractivity contribution in [2.75, 3.05) is 31.6 Å². The maximum absolute atomic E-state index is 11.7. The van der Waals surface area contributed by atoms with Crippen LogP contribution in [0.15, 0.2) is 53.5 Å². The lowest BCUT2D eigenvalue weighted by molar-refractivity contribution is 0.0963. The van der Waals surface area contributed by atoms with Crippen molar-refractivity contribution in [3.8, 4) is 0 Å². The van der Waals surface area contributed by atoms with E-state index < -0.39 is 0 Å². The van der Waals surface area contributed by atoms with Crippen LogP contribution in [-0.4, -0.2) is 38.5 Å². The summed E-state index contributed by atoms with van der Waals surface area (Å²) in [6.45, 7) is 7.86. The van der Waals surface area contributed by atoms with E-state index in [0.29, 0.717) is 12.1 Å². The average molecular weight is 408 g/mol. The predicted octanol–water partition coefficient (Wildman–Crippen LogP) is 3.46. The zero-order valence-electron chi connectivity index (χ0n) is 18.2. The van der Waals surface area contributed by atoms with Crippen LogP contribution in [0.25, 0.3) is 0 Å². The molecule has 1 aliphatic rings. The number of carbonyl (C=O) groups excluding carboxylic acids is 1. The Bertz CT molecular complexity index is 856. The Labute approximate surface area is 179 Å². The molecule has 1 saturated heterocycles. The lowest BCUT2D eigenvalue weighted by atomic mass is 10.1. The summed E-state index contributed by atoms with van der Waals surface area (Å²) >= 11 is 0. The van der Waals surface area contributed by atoms with Gasteiger partial charge in [0.25, 0.3) is 5.91 Å². The number of benzene rings is 2. The van der Waals surface area contributed by atoms with Gasteiger partial charge in [0, 0.05) is 37.9 Å². The molecule has 2 aromatic carbocycles. The highest BCUT2D eigenvalue weighted by Crippen LogP contribution is 2.24. The van der Waals surface area contributed by atoms with Crippen LogP contribution in [0.1, 0.15) is 54.2 Å². The number of carbonyl (C=O) groups is 1. The number of anilines is 1. The molecule has 2 aromatic rings. The molecule has 1 fully saturated rings. The molecule has 6 nitrogen and oxygen atoms in total. The van der Waals surface area contributed by atoms with E-state index in [4.69, 9.17) is 4.99 Å². The molecule has 30 heavy (non-hydrogen) atoms.